The molecular formula is C26H32ClN5O5. The van der Waals surface area contributed by atoms with E-state index >= 15 is 0 Å². The van der Waals surface area contributed by atoms with E-state index < -0.39 is 18.2 Å². The Morgan fingerprint density at radius 3 is 2.38 bits per heavy atom. The lowest BCUT2D eigenvalue weighted by Gasteiger charge is -2.36. The lowest BCUT2D eigenvalue weighted by molar-refractivity contribution is 0.130. The Kier molecular flexibility index (Phi) is 8.40. The summed E-state index contributed by atoms with van der Waals surface area (Å²) in [4.78, 5) is 39.2. The lowest BCUT2D eigenvalue weighted by Crippen LogP contribution is -2.50. The van der Waals surface area contributed by atoms with Gasteiger partial charge in [-0.15, -0.1) is 0 Å². The summed E-state index contributed by atoms with van der Waals surface area (Å²) >= 11 is 5.90. The van der Waals surface area contributed by atoms with E-state index in [2.05, 4.69) is 15.5 Å². The number of carbonyl (C=O) groups is 2. The van der Waals surface area contributed by atoms with Crippen molar-refractivity contribution in [3.8, 4) is 5.75 Å². The number of nitrogens with one attached hydrogen (secondary N) is 2. The van der Waals surface area contributed by atoms with Crippen LogP contribution >= 0.6 is 11.6 Å². The number of ether oxygens (including phenoxy) is 1. The molecule has 2 unspecified atom stereocenters. The van der Waals surface area contributed by atoms with Gasteiger partial charge in [-0.3, -0.25) is 4.57 Å². The second-order valence-corrected chi connectivity index (χ2v) is 9.89. The van der Waals surface area contributed by atoms with Crippen LogP contribution in [0.15, 0.2) is 53.3 Å². The molecule has 2 atom stereocenters. The standard InChI is InChI=1S/C26H32ClN5O5/c1-17(28-24(33)32-23-6-4-3-5-22(23)30(2)26(32)36)18-11-13-31(14-12-18)15-20(29-25(34)35)16-37-21-9-7-19(27)8-10-21/h3-10,17-18,20,29H,11-16H2,1-2H3,(H,28,33)(H,34,35). The van der Waals surface area contributed by atoms with E-state index in [9.17, 15) is 19.5 Å². The number of likely N-dealkylation sites (tertiary alicyclic amines) is 1. The quantitative estimate of drug-likeness (QED) is 0.412. The normalized spacial score (nSPS) is 16.3. The van der Waals surface area contributed by atoms with Crippen molar-refractivity contribution in [1.82, 2.24) is 24.7 Å². The number of nitrogens with zero attached hydrogens (tertiary/aromatic N) is 3. The number of para-hydroxylation sites is 2. The minimum atomic E-state index is -1.10. The minimum absolute atomic E-state index is 0.123. The number of carbonyl (C=O) groups excluding carboxylic acids is 1. The van der Waals surface area contributed by atoms with Gasteiger partial charge in [0.25, 0.3) is 0 Å². The molecule has 0 radical (unpaired) electrons. The van der Waals surface area contributed by atoms with Crippen molar-refractivity contribution in [1.29, 1.82) is 0 Å². The third-order valence-electron chi connectivity index (χ3n) is 6.93. The second kappa shape index (κ2) is 11.7. The molecule has 3 N–H and O–H groups in total. The number of halogens is 1. The van der Waals surface area contributed by atoms with E-state index in [1.165, 1.54) is 9.13 Å². The van der Waals surface area contributed by atoms with Crippen molar-refractivity contribution < 1.29 is 19.4 Å². The summed E-state index contributed by atoms with van der Waals surface area (Å²) in [6.07, 6.45) is 0.576. The molecule has 10 nitrogen and oxygen atoms in total. The molecule has 1 fully saturated rings. The molecule has 37 heavy (non-hydrogen) atoms. The monoisotopic (exact) mass is 529 g/mol. The fourth-order valence-electron chi connectivity index (χ4n) is 4.86. The fourth-order valence-corrected chi connectivity index (χ4v) is 4.98. The zero-order chi connectivity index (χ0) is 26.5. The summed E-state index contributed by atoms with van der Waals surface area (Å²) in [5.41, 5.74) is 0.902. The third-order valence-corrected chi connectivity index (χ3v) is 7.18. The molecule has 1 saturated heterocycles. The van der Waals surface area contributed by atoms with Crippen molar-refractivity contribution in [3.63, 3.8) is 0 Å². The molecule has 11 heteroatoms. The zero-order valence-electron chi connectivity index (χ0n) is 20.9. The van der Waals surface area contributed by atoms with Gasteiger partial charge in [-0.05, 0) is 75.2 Å². The number of fused-ring (bicyclic) bond motifs is 1. The highest BCUT2D eigenvalue weighted by Crippen LogP contribution is 2.22. The van der Waals surface area contributed by atoms with Crippen LogP contribution in [0, 0.1) is 5.92 Å². The lowest BCUT2D eigenvalue weighted by atomic mass is 9.90. The van der Waals surface area contributed by atoms with Crippen LogP contribution in [0.25, 0.3) is 11.0 Å². The zero-order valence-corrected chi connectivity index (χ0v) is 21.6. The number of hydrogen-bond acceptors (Lipinski definition) is 5. The van der Waals surface area contributed by atoms with Gasteiger partial charge in [-0.2, -0.15) is 0 Å². The molecule has 0 saturated carbocycles. The summed E-state index contributed by atoms with van der Waals surface area (Å²) in [7, 11) is 1.65. The largest absolute Gasteiger partial charge is 0.491 e. The first-order chi connectivity index (χ1) is 17.7. The number of carboxylic acid groups (broad SMARTS) is 1. The van der Waals surface area contributed by atoms with E-state index in [0.29, 0.717) is 28.4 Å². The second-order valence-electron chi connectivity index (χ2n) is 9.45. The smallest absolute Gasteiger partial charge is 0.405 e. The van der Waals surface area contributed by atoms with Gasteiger partial charge in [0.05, 0.1) is 17.1 Å². The molecule has 1 aliphatic heterocycles. The number of imidazole rings is 1. The highest BCUT2D eigenvalue weighted by Gasteiger charge is 2.28. The summed E-state index contributed by atoms with van der Waals surface area (Å²) in [5.74, 6) is 0.859. The Bertz CT molecular complexity index is 1300. The first-order valence-electron chi connectivity index (χ1n) is 12.3. The number of rotatable bonds is 8. The van der Waals surface area contributed by atoms with Gasteiger partial charge in [0.2, 0.25) is 0 Å². The van der Waals surface area contributed by atoms with Gasteiger partial charge >= 0.3 is 17.8 Å². The van der Waals surface area contributed by atoms with Crippen LogP contribution in [-0.4, -0.2) is 69.6 Å². The van der Waals surface area contributed by atoms with Crippen LogP contribution < -0.4 is 21.1 Å². The predicted octanol–water partition coefficient (Wildman–Crippen LogP) is 3.37. The van der Waals surface area contributed by atoms with Crippen LogP contribution in [0.2, 0.25) is 5.02 Å². The van der Waals surface area contributed by atoms with Crippen molar-refractivity contribution in [2.45, 2.75) is 31.8 Å². The SMILES string of the molecule is CC(NC(=O)n1c(=O)n(C)c2ccccc21)C1CCN(CC(COc2ccc(Cl)cc2)NC(=O)O)CC1. The first kappa shape index (κ1) is 26.6. The summed E-state index contributed by atoms with van der Waals surface area (Å²) < 4.78 is 8.42. The molecular weight excluding hydrogens is 498 g/mol. The molecule has 3 aromatic rings. The number of hydrogen-bond donors (Lipinski definition) is 3. The molecule has 1 aliphatic rings. The van der Waals surface area contributed by atoms with Crippen LogP contribution in [0.4, 0.5) is 9.59 Å². The van der Waals surface area contributed by atoms with Crippen molar-refractivity contribution in [2.24, 2.45) is 13.0 Å². The number of aryl methyl sites for hydroxylation is 1. The molecule has 0 spiro atoms. The van der Waals surface area contributed by atoms with Crippen LogP contribution in [0.3, 0.4) is 0 Å². The van der Waals surface area contributed by atoms with Crippen molar-refractivity contribution in [3.05, 3.63) is 64.0 Å². The Hall–Kier alpha value is -3.50. The molecule has 0 bridgehead atoms. The molecule has 0 aliphatic carbocycles. The van der Waals surface area contributed by atoms with Crippen molar-refractivity contribution in [2.75, 3.05) is 26.2 Å². The van der Waals surface area contributed by atoms with E-state index in [4.69, 9.17) is 16.3 Å². The maximum absolute atomic E-state index is 13.0. The van der Waals surface area contributed by atoms with Gasteiger partial charge in [-0.25, -0.2) is 19.0 Å². The highest BCUT2D eigenvalue weighted by molar-refractivity contribution is 6.30. The number of benzene rings is 2. The number of aromatic nitrogens is 2. The fraction of sp³-hybridized carbons (Fsp3) is 0.423. The summed E-state index contributed by atoms with van der Waals surface area (Å²) in [6.45, 7) is 4.19. The molecule has 198 valence electrons. The van der Waals surface area contributed by atoms with Gasteiger partial charge in [0.15, 0.2) is 0 Å². The first-order valence-corrected chi connectivity index (χ1v) is 12.7. The summed E-state index contributed by atoms with van der Waals surface area (Å²) in [5, 5.41) is 15.4. The van der Waals surface area contributed by atoms with Crippen molar-refractivity contribution >= 4 is 34.8 Å². The number of amides is 2. The Balaban J connectivity index is 1.30. The summed E-state index contributed by atoms with van der Waals surface area (Å²) in [6, 6.07) is 13.2. The van der Waals surface area contributed by atoms with Gasteiger partial charge < -0.3 is 25.4 Å². The molecule has 2 heterocycles. The topological polar surface area (TPSA) is 118 Å². The molecule has 1 aromatic heterocycles. The molecule has 2 aromatic carbocycles. The Morgan fingerprint density at radius 1 is 1.08 bits per heavy atom. The van der Waals surface area contributed by atoms with E-state index in [-0.39, 0.29) is 24.3 Å². The van der Waals surface area contributed by atoms with Gasteiger partial charge in [0.1, 0.15) is 12.4 Å². The van der Waals surface area contributed by atoms with E-state index in [1.807, 2.05) is 19.1 Å². The Labute approximate surface area is 219 Å². The minimum Gasteiger partial charge on any atom is -0.491 e. The van der Waals surface area contributed by atoms with E-state index in [0.717, 1.165) is 25.9 Å². The van der Waals surface area contributed by atoms with Gasteiger partial charge in [-0.1, -0.05) is 23.7 Å². The average Bonchev–Trinajstić information content (AvgIpc) is 3.13. The number of piperidine rings is 1. The third kappa shape index (κ3) is 6.44. The average molecular weight is 530 g/mol. The molecule has 4 rings (SSSR count). The maximum Gasteiger partial charge on any atom is 0.405 e. The van der Waals surface area contributed by atoms with Gasteiger partial charge in [0, 0.05) is 24.7 Å². The van der Waals surface area contributed by atoms with Crippen LogP contribution in [-0.2, 0) is 7.05 Å². The van der Waals surface area contributed by atoms with E-state index in [1.54, 1.807) is 43.4 Å². The van der Waals surface area contributed by atoms with Crippen LogP contribution in [0.1, 0.15) is 19.8 Å². The van der Waals surface area contributed by atoms with Crippen LogP contribution in [0.5, 0.6) is 5.75 Å². The highest BCUT2D eigenvalue weighted by atomic mass is 35.5. The molecule has 2 amide bonds. The maximum atomic E-state index is 13.0. The predicted molar refractivity (Wildman–Crippen MR) is 142 cm³/mol. The Morgan fingerprint density at radius 2 is 1.73 bits per heavy atom.